The Bertz CT molecular complexity index is 4050. The van der Waals surface area contributed by atoms with E-state index in [9.17, 15) is 0 Å². The van der Waals surface area contributed by atoms with Gasteiger partial charge in [0.25, 0.3) is 0 Å². The van der Waals surface area contributed by atoms with E-state index < -0.39 is 5.41 Å². The molecule has 8 aromatic carbocycles. The van der Waals surface area contributed by atoms with Gasteiger partial charge in [0.05, 0.1) is 24.9 Å². The maximum atomic E-state index is 6.18. The van der Waals surface area contributed by atoms with Crippen molar-refractivity contribution < 1.29 is 37.9 Å². The molecule has 0 spiro atoms. The molecule has 426 valence electrons. The zero-order valence-electron chi connectivity index (χ0n) is 46.7. The molecule has 0 radical (unpaired) electrons. The van der Waals surface area contributed by atoms with Gasteiger partial charge in [-0.25, -0.2) is 0 Å². The summed E-state index contributed by atoms with van der Waals surface area (Å²) in [6.07, 6.45) is 0. The predicted octanol–water partition coefficient (Wildman–Crippen LogP) is 19.0. The second-order valence-corrected chi connectivity index (χ2v) is 25.1. The highest BCUT2D eigenvalue weighted by Gasteiger charge is 2.47. The molecule has 0 amide bonds. The first kappa shape index (κ1) is 51.9. The van der Waals surface area contributed by atoms with Crippen molar-refractivity contribution in [2.75, 3.05) is 62.7 Å². The molecule has 0 saturated heterocycles. The first-order valence-electron chi connectivity index (χ1n) is 29.0. The zero-order chi connectivity index (χ0) is 57.4. The molecule has 4 aliphatic heterocycles. The maximum Gasteiger partial charge on any atom is 0.179 e. The van der Waals surface area contributed by atoms with Gasteiger partial charge in [-0.15, -0.1) is 45.3 Å². The third-order valence-corrected chi connectivity index (χ3v) is 20.7. The average molecular weight is 1210 g/mol. The molecule has 14 heteroatoms. The van der Waals surface area contributed by atoms with E-state index >= 15 is 0 Å². The van der Waals surface area contributed by atoms with Crippen LogP contribution in [0.1, 0.15) is 22.3 Å². The zero-order valence-corrected chi connectivity index (χ0v) is 50.0. The molecule has 12 aromatic rings. The van der Waals surface area contributed by atoms with Crippen LogP contribution >= 0.6 is 45.3 Å². The van der Waals surface area contributed by atoms with Gasteiger partial charge < -0.3 is 47.7 Å². The molecule has 0 atom stereocenters. The molecule has 8 heterocycles. The third kappa shape index (κ3) is 8.75. The van der Waals surface area contributed by atoms with Crippen LogP contribution in [-0.4, -0.2) is 52.9 Å². The lowest BCUT2D eigenvalue weighted by atomic mass is 9.67. The van der Waals surface area contributed by atoms with Gasteiger partial charge in [-0.05, 0) is 128 Å². The third-order valence-electron chi connectivity index (χ3n) is 16.8. The number of hydrogen-bond donors (Lipinski definition) is 0. The monoisotopic (exact) mass is 1210 g/mol. The topological polar surface area (TPSA) is 80.3 Å². The van der Waals surface area contributed by atoms with Crippen molar-refractivity contribution in [3.8, 4) is 98.9 Å². The largest absolute Gasteiger partial charge is 0.485 e. The van der Waals surface area contributed by atoms with Gasteiger partial charge in [0.2, 0.25) is 0 Å². The van der Waals surface area contributed by atoms with Crippen molar-refractivity contribution in [2.24, 2.45) is 0 Å². The van der Waals surface area contributed by atoms with Gasteiger partial charge in [-0.1, -0.05) is 121 Å². The number of benzene rings is 8. The Balaban J connectivity index is 0.826. The van der Waals surface area contributed by atoms with Crippen LogP contribution in [0.25, 0.3) is 52.9 Å². The van der Waals surface area contributed by atoms with Gasteiger partial charge >= 0.3 is 0 Å². The number of rotatable bonds is 12. The Morgan fingerprint density at radius 3 is 0.828 bits per heavy atom. The van der Waals surface area contributed by atoms with Crippen molar-refractivity contribution in [3.05, 3.63) is 238 Å². The fourth-order valence-electron chi connectivity index (χ4n) is 12.9. The number of anilines is 6. The summed E-state index contributed by atoms with van der Waals surface area (Å²) < 4.78 is 48.6. The highest BCUT2D eigenvalue weighted by molar-refractivity contribution is 7.15. The van der Waals surface area contributed by atoms with Gasteiger partial charge in [0, 0.05) is 55.6 Å². The van der Waals surface area contributed by atoms with E-state index in [-0.39, 0.29) is 0 Å². The molecule has 87 heavy (non-hydrogen) atoms. The number of ether oxygens (including phenoxy) is 8. The second kappa shape index (κ2) is 21.5. The van der Waals surface area contributed by atoms with E-state index in [0.717, 1.165) is 133 Å². The van der Waals surface area contributed by atoms with Crippen LogP contribution < -0.4 is 47.7 Å². The summed E-state index contributed by atoms with van der Waals surface area (Å²) in [4.78, 5) is 8.97. The molecule has 0 saturated carbocycles. The lowest BCUT2D eigenvalue weighted by Gasteiger charge is -2.35. The van der Waals surface area contributed by atoms with Gasteiger partial charge in [-0.2, -0.15) is 0 Å². The minimum atomic E-state index is -0.765. The number of fused-ring (bicyclic) bond motifs is 7. The Morgan fingerprint density at radius 2 is 0.540 bits per heavy atom. The minimum Gasteiger partial charge on any atom is -0.485 e. The van der Waals surface area contributed by atoms with Crippen LogP contribution in [0.4, 0.5) is 34.1 Å². The molecule has 5 aliphatic rings. The van der Waals surface area contributed by atoms with Crippen molar-refractivity contribution in [1.29, 1.82) is 0 Å². The number of hydrogen-bond acceptors (Lipinski definition) is 14. The van der Waals surface area contributed by atoms with E-state index in [1.807, 2.05) is 21.5 Å². The van der Waals surface area contributed by atoms with Gasteiger partial charge in [0.15, 0.2) is 46.0 Å². The Kier molecular flexibility index (Phi) is 12.8. The summed E-state index contributed by atoms with van der Waals surface area (Å²) in [5.74, 6) is 6.46. The summed E-state index contributed by atoms with van der Waals surface area (Å²) in [6, 6.07) is 71.5. The van der Waals surface area contributed by atoms with Crippen molar-refractivity contribution in [2.45, 2.75) is 5.41 Å². The average Bonchev–Trinajstić information content (AvgIpc) is 1.60. The summed E-state index contributed by atoms with van der Waals surface area (Å²) in [5, 5.41) is 8.18. The fraction of sp³-hybridized carbons (Fsp3) is 0.123. The second-order valence-electron chi connectivity index (χ2n) is 21.6. The SMILES string of the molecule is c1ccc(C2(c3ccccc3)c3cc(N(c4ccc(-c5scc6c5OCCO6)cc4)c4ccc(-c5scc6c5OCCO6)cc4)ccc3-c3ccc(N(c4ccc(-c5scc6c5OCCO6)cc4)c4ccc(-c5scc6c5OCCO6)cc4)cc32)cc1. The standard InChI is InChI=1S/C73H52N2O8S4/c1-3-7-49(8-4-1)73(50-9-5-2-6-10-50)59-39-55(74(51-19-11-45(12-20-51)69-65-61(41-84-69)76-31-35-80-65)52-21-13-46(14-22-52)70-66-62(42-85-70)77-32-36-81-66)27-29-57(59)58-30-28-56(40-60(58)73)75(53-23-15-47(16-24-53)71-67-63(43-86-71)78-33-37-82-67)54-25-17-48(18-26-54)72-68-64(44-87-72)79-34-38-83-68/h1-30,39-44H,31-38H2. The molecule has 10 nitrogen and oxygen atoms in total. The van der Waals surface area contributed by atoms with Crippen LogP contribution in [-0.2, 0) is 5.41 Å². The minimum absolute atomic E-state index is 0.526. The molecule has 0 fully saturated rings. The van der Waals surface area contributed by atoms with E-state index in [2.05, 4.69) is 204 Å². The van der Waals surface area contributed by atoms with E-state index in [4.69, 9.17) is 37.9 Å². The molecular formula is C73H52N2O8S4. The van der Waals surface area contributed by atoms with Gasteiger partial charge in [0.1, 0.15) is 52.9 Å². The Morgan fingerprint density at radius 1 is 0.276 bits per heavy atom. The fourth-order valence-corrected chi connectivity index (χ4v) is 16.7. The number of nitrogens with zero attached hydrogens (tertiary/aromatic N) is 2. The Hall–Kier alpha value is -9.44. The van der Waals surface area contributed by atoms with Gasteiger partial charge in [-0.3, -0.25) is 0 Å². The quantitative estimate of drug-likeness (QED) is 0.118. The van der Waals surface area contributed by atoms with Crippen LogP contribution in [0.3, 0.4) is 0 Å². The molecule has 4 aromatic heterocycles. The summed E-state index contributed by atoms with van der Waals surface area (Å²) in [6.45, 7) is 4.30. The maximum absolute atomic E-state index is 6.18. The summed E-state index contributed by atoms with van der Waals surface area (Å²) >= 11 is 6.59. The first-order chi connectivity index (χ1) is 43.1. The lowest BCUT2D eigenvalue weighted by Crippen LogP contribution is -2.29. The predicted molar refractivity (Wildman–Crippen MR) is 350 cm³/mol. The molecule has 0 N–H and O–H groups in total. The Labute approximate surface area is 518 Å². The van der Waals surface area contributed by atoms with Crippen molar-refractivity contribution in [3.63, 3.8) is 0 Å². The van der Waals surface area contributed by atoms with E-state index in [1.54, 1.807) is 45.3 Å². The highest BCUT2D eigenvalue weighted by atomic mass is 32.1. The smallest absolute Gasteiger partial charge is 0.179 e. The van der Waals surface area contributed by atoms with Crippen LogP contribution in [0.5, 0.6) is 46.0 Å². The summed E-state index contributed by atoms with van der Waals surface area (Å²) in [7, 11) is 0. The van der Waals surface area contributed by atoms with Crippen LogP contribution in [0.15, 0.2) is 216 Å². The van der Waals surface area contributed by atoms with E-state index in [1.165, 1.54) is 22.3 Å². The lowest BCUT2D eigenvalue weighted by molar-refractivity contribution is 0.174. The van der Waals surface area contributed by atoms with Crippen molar-refractivity contribution >= 4 is 79.5 Å². The highest BCUT2D eigenvalue weighted by Crippen LogP contribution is 2.59. The molecule has 1 aliphatic carbocycles. The normalized spacial score (nSPS) is 14.7. The summed E-state index contributed by atoms with van der Waals surface area (Å²) in [5.41, 5.74) is 16.6. The van der Waals surface area contributed by atoms with Crippen LogP contribution in [0, 0.1) is 0 Å². The van der Waals surface area contributed by atoms with Crippen molar-refractivity contribution in [1.82, 2.24) is 0 Å². The molecule has 0 bridgehead atoms. The first-order valence-corrected chi connectivity index (χ1v) is 32.5. The molecular weight excluding hydrogens is 1160 g/mol. The van der Waals surface area contributed by atoms with E-state index in [0.29, 0.717) is 52.9 Å². The molecule has 17 rings (SSSR count). The van der Waals surface area contributed by atoms with Crippen LogP contribution in [0.2, 0.25) is 0 Å². The molecule has 0 unspecified atom stereocenters. The number of thiophene rings is 4.